The molecule has 2 amide bonds. The molecule has 4 nitrogen and oxygen atoms in total. The molecule has 1 fully saturated rings. The first-order valence-electron chi connectivity index (χ1n) is 9.76. The van der Waals surface area contributed by atoms with Crippen LogP contribution in [0.5, 0.6) is 0 Å². The summed E-state index contributed by atoms with van der Waals surface area (Å²) >= 11 is 0. The Hall–Kier alpha value is -2.28. The average molecular weight is 354 g/mol. The number of nitrogens with one attached hydrogen (secondary N) is 1. The van der Waals surface area contributed by atoms with E-state index in [2.05, 4.69) is 18.2 Å². The van der Waals surface area contributed by atoms with Crippen LogP contribution < -0.4 is 5.32 Å². The highest BCUT2D eigenvalue weighted by atomic mass is 16.2. The number of unbranched alkanes of at least 4 members (excludes halogenated alkanes) is 1. The largest absolute Gasteiger partial charge is 0.354 e. The first kappa shape index (κ1) is 20.0. The summed E-state index contributed by atoms with van der Waals surface area (Å²) in [6, 6.07) is 8.60. The highest BCUT2D eigenvalue weighted by Crippen LogP contribution is 2.30. The summed E-state index contributed by atoms with van der Waals surface area (Å²) in [4.78, 5) is 27.7. The SMILES string of the molecule is C#CCN(C(=O)c1ccccc1)C(C(=O)NCCCC)C1CCCCC1. The number of amides is 2. The van der Waals surface area contributed by atoms with Gasteiger partial charge in [-0.3, -0.25) is 9.59 Å². The van der Waals surface area contributed by atoms with E-state index in [0.29, 0.717) is 12.1 Å². The molecule has 140 valence electrons. The Morgan fingerprint density at radius 1 is 1.23 bits per heavy atom. The number of hydrogen-bond donors (Lipinski definition) is 1. The van der Waals surface area contributed by atoms with Crippen molar-refractivity contribution in [2.45, 2.75) is 57.9 Å². The van der Waals surface area contributed by atoms with Gasteiger partial charge in [0.15, 0.2) is 0 Å². The number of rotatable bonds is 8. The van der Waals surface area contributed by atoms with Crippen LogP contribution in [-0.2, 0) is 4.79 Å². The molecule has 1 aromatic rings. The first-order chi connectivity index (χ1) is 12.7. The molecule has 1 aliphatic carbocycles. The van der Waals surface area contributed by atoms with Gasteiger partial charge in [0.25, 0.3) is 5.91 Å². The van der Waals surface area contributed by atoms with Gasteiger partial charge >= 0.3 is 0 Å². The zero-order chi connectivity index (χ0) is 18.8. The Morgan fingerprint density at radius 2 is 1.92 bits per heavy atom. The van der Waals surface area contributed by atoms with Gasteiger partial charge in [-0.05, 0) is 37.3 Å². The number of nitrogens with zero attached hydrogens (tertiary/aromatic N) is 1. The van der Waals surface area contributed by atoms with E-state index in [1.54, 1.807) is 17.0 Å². The minimum atomic E-state index is -0.490. The average Bonchev–Trinajstić information content (AvgIpc) is 2.69. The third kappa shape index (κ3) is 5.36. The normalized spacial score (nSPS) is 15.7. The molecule has 2 rings (SSSR count). The maximum absolute atomic E-state index is 13.1. The minimum Gasteiger partial charge on any atom is -0.354 e. The lowest BCUT2D eigenvalue weighted by molar-refractivity contribution is -0.127. The highest BCUT2D eigenvalue weighted by Gasteiger charge is 2.36. The molecule has 0 aliphatic heterocycles. The smallest absolute Gasteiger partial charge is 0.255 e. The Bertz CT molecular complexity index is 615. The third-order valence-electron chi connectivity index (χ3n) is 5.07. The van der Waals surface area contributed by atoms with Crippen molar-refractivity contribution < 1.29 is 9.59 Å². The van der Waals surface area contributed by atoms with Gasteiger partial charge in [-0.2, -0.15) is 0 Å². The van der Waals surface area contributed by atoms with Crippen LogP contribution in [0.2, 0.25) is 0 Å². The van der Waals surface area contributed by atoms with Crippen molar-refractivity contribution in [1.29, 1.82) is 0 Å². The van der Waals surface area contributed by atoms with Gasteiger partial charge in [0.2, 0.25) is 5.91 Å². The van der Waals surface area contributed by atoms with Crippen LogP contribution in [0.3, 0.4) is 0 Å². The number of carbonyl (C=O) groups is 2. The summed E-state index contributed by atoms with van der Waals surface area (Å²) in [6.45, 7) is 2.88. The van der Waals surface area contributed by atoms with E-state index in [0.717, 1.165) is 38.5 Å². The fourth-order valence-electron chi connectivity index (χ4n) is 3.69. The van der Waals surface area contributed by atoms with Crippen LogP contribution in [0, 0.1) is 18.3 Å². The van der Waals surface area contributed by atoms with Crippen molar-refractivity contribution in [3.05, 3.63) is 35.9 Å². The van der Waals surface area contributed by atoms with Gasteiger partial charge in [0.05, 0.1) is 6.54 Å². The van der Waals surface area contributed by atoms with Crippen molar-refractivity contribution in [3.8, 4) is 12.3 Å². The topological polar surface area (TPSA) is 49.4 Å². The molecule has 0 spiro atoms. The molecule has 1 aliphatic rings. The van der Waals surface area contributed by atoms with E-state index in [4.69, 9.17) is 6.42 Å². The summed E-state index contributed by atoms with van der Waals surface area (Å²) in [7, 11) is 0. The lowest BCUT2D eigenvalue weighted by Gasteiger charge is -2.37. The number of carbonyl (C=O) groups excluding carboxylic acids is 2. The molecule has 4 heteroatoms. The zero-order valence-corrected chi connectivity index (χ0v) is 15.7. The van der Waals surface area contributed by atoms with Crippen molar-refractivity contribution >= 4 is 11.8 Å². The molecule has 0 heterocycles. The summed E-state index contributed by atoms with van der Waals surface area (Å²) in [6.07, 6.45) is 12.9. The van der Waals surface area contributed by atoms with Crippen LogP contribution in [0.15, 0.2) is 30.3 Å². The summed E-state index contributed by atoms with van der Waals surface area (Å²) < 4.78 is 0. The van der Waals surface area contributed by atoms with Crippen molar-refractivity contribution in [2.24, 2.45) is 5.92 Å². The van der Waals surface area contributed by atoms with E-state index >= 15 is 0 Å². The van der Waals surface area contributed by atoms with Gasteiger partial charge in [0.1, 0.15) is 6.04 Å². The Balaban J connectivity index is 2.26. The number of benzene rings is 1. The summed E-state index contributed by atoms with van der Waals surface area (Å²) in [5.41, 5.74) is 0.574. The Labute approximate surface area is 157 Å². The van der Waals surface area contributed by atoms with Gasteiger partial charge in [-0.1, -0.05) is 56.7 Å². The molecule has 1 N–H and O–H groups in total. The molecule has 26 heavy (non-hydrogen) atoms. The van der Waals surface area contributed by atoms with E-state index < -0.39 is 6.04 Å². The van der Waals surface area contributed by atoms with E-state index in [1.165, 1.54) is 6.42 Å². The van der Waals surface area contributed by atoms with Crippen LogP contribution >= 0.6 is 0 Å². The fourth-order valence-corrected chi connectivity index (χ4v) is 3.69. The molecule has 0 radical (unpaired) electrons. The highest BCUT2D eigenvalue weighted by molar-refractivity contribution is 5.97. The minimum absolute atomic E-state index is 0.0649. The predicted octanol–water partition coefficient (Wildman–Crippen LogP) is 3.63. The molecule has 0 bridgehead atoms. The fraction of sp³-hybridized carbons (Fsp3) is 0.545. The molecule has 1 saturated carbocycles. The maximum Gasteiger partial charge on any atom is 0.255 e. The number of hydrogen-bond acceptors (Lipinski definition) is 2. The number of terminal acetylenes is 1. The summed E-state index contributed by atoms with van der Waals surface area (Å²) in [5.74, 6) is 2.53. The van der Waals surface area contributed by atoms with Gasteiger partial charge < -0.3 is 10.2 Å². The predicted molar refractivity (Wildman–Crippen MR) is 105 cm³/mol. The van der Waals surface area contributed by atoms with E-state index in [9.17, 15) is 9.59 Å². The van der Waals surface area contributed by atoms with Crippen LogP contribution in [0.25, 0.3) is 0 Å². The van der Waals surface area contributed by atoms with Crippen LogP contribution in [0.1, 0.15) is 62.2 Å². The first-order valence-corrected chi connectivity index (χ1v) is 9.76. The second kappa shape index (κ2) is 10.7. The molecule has 1 aromatic carbocycles. The van der Waals surface area contributed by atoms with Crippen LogP contribution in [-0.4, -0.2) is 35.8 Å². The third-order valence-corrected chi connectivity index (χ3v) is 5.07. The molecule has 1 unspecified atom stereocenters. The molecular formula is C22H30N2O2. The lowest BCUT2D eigenvalue weighted by Crippen LogP contribution is -2.54. The quantitative estimate of drug-likeness (QED) is 0.572. The monoisotopic (exact) mass is 354 g/mol. The van der Waals surface area contributed by atoms with E-state index in [-0.39, 0.29) is 24.3 Å². The maximum atomic E-state index is 13.1. The van der Waals surface area contributed by atoms with Gasteiger partial charge in [-0.15, -0.1) is 6.42 Å². The molecule has 0 saturated heterocycles. The van der Waals surface area contributed by atoms with E-state index in [1.807, 2.05) is 18.2 Å². The standard InChI is InChI=1S/C22H30N2O2/c1-3-5-16-23-21(25)20(18-12-8-6-9-13-18)24(17-4-2)22(26)19-14-10-7-11-15-19/h2,7,10-11,14-15,18,20H,3,5-6,8-9,12-13,16-17H2,1H3,(H,23,25). The summed E-state index contributed by atoms with van der Waals surface area (Å²) in [5, 5.41) is 3.02. The van der Waals surface area contributed by atoms with Gasteiger partial charge in [0, 0.05) is 12.1 Å². The second-order valence-electron chi connectivity index (χ2n) is 6.99. The van der Waals surface area contributed by atoms with Crippen molar-refractivity contribution in [2.75, 3.05) is 13.1 Å². The molecular weight excluding hydrogens is 324 g/mol. The Morgan fingerprint density at radius 3 is 2.54 bits per heavy atom. The van der Waals surface area contributed by atoms with Crippen molar-refractivity contribution in [1.82, 2.24) is 10.2 Å². The Kier molecular flexibility index (Phi) is 8.21. The zero-order valence-electron chi connectivity index (χ0n) is 15.7. The van der Waals surface area contributed by atoms with Crippen molar-refractivity contribution in [3.63, 3.8) is 0 Å². The second-order valence-corrected chi connectivity index (χ2v) is 6.99. The molecule has 0 aromatic heterocycles. The van der Waals surface area contributed by atoms with Gasteiger partial charge in [-0.25, -0.2) is 0 Å². The van der Waals surface area contributed by atoms with Crippen LogP contribution in [0.4, 0.5) is 0 Å². The molecule has 1 atom stereocenters. The lowest BCUT2D eigenvalue weighted by atomic mass is 9.82.